The van der Waals surface area contributed by atoms with E-state index in [1.54, 1.807) is 12.1 Å². The highest BCUT2D eigenvalue weighted by Crippen LogP contribution is 2.35. The van der Waals surface area contributed by atoms with Crippen LogP contribution < -0.4 is 14.2 Å². The Morgan fingerprint density at radius 2 is 1.95 bits per heavy atom. The van der Waals surface area contributed by atoms with Crippen LogP contribution in [0.4, 0.5) is 4.39 Å². The number of thioether (sulfide) groups is 1. The topological polar surface area (TPSA) is 27.7 Å². The third kappa shape index (κ3) is 3.61. The van der Waals surface area contributed by atoms with Gasteiger partial charge in [0.1, 0.15) is 11.6 Å². The number of rotatable bonds is 6. The van der Waals surface area contributed by atoms with Crippen LogP contribution in [0.2, 0.25) is 0 Å². The molecule has 110 valence electrons. The number of hydrogen-bond acceptors (Lipinski definition) is 4. The molecule has 0 aliphatic carbocycles. The molecule has 1 aliphatic heterocycles. The van der Waals surface area contributed by atoms with E-state index in [2.05, 4.69) is 0 Å². The molecule has 21 heavy (non-hydrogen) atoms. The van der Waals surface area contributed by atoms with Gasteiger partial charge >= 0.3 is 0 Å². The molecule has 0 spiro atoms. The van der Waals surface area contributed by atoms with E-state index in [0.717, 1.165) is 23.7 Å². The van der Waals surface area contributed by atoms with Crippen molar-refractivity contribution in [1.82, 2.24) is 0 Å². The van der Waals surface area contributed by atoms with E-state index in [-0.39, 0.29) is 12.6 Å². The van der Waals surface area contributed by atoms with E-state index in [4.69, 9.17) is 14.2 Å². The molecule has 0 radical (unpaired) electrons. The summed E-state index contributed by atoms with van der Waals surface area (Å²) in [6.45, 7) is 0.846. The molecule has 2 aromatic carbocycles. The number of halogens is 1. The fourth-order valence-electron chi connectivity index (χ4n) is 1.96. The van der Waals surface area contributed by atoms with Crippen LogP contribution in [0.5, 0.6) is 17.2 Å². The standard InChI is InChI=1S/C16H15FO3S/c17-13-4-1-2-5-16(13)21-9-3-8-18-12-6-7-14-15(10-12)20-11-19-14/h1-2,4-7,10H,3,8-9,11H2. The normalized spacial score (nSPS) is 12.4. The van der Waals surface area contributed by atoms with Crippen LogP contribution in [0.1, 0.15) is 6.42 Å². The van der Waals surface area contributed by atoms with E-state index >= 15 is 0 Å². The maximum absolute atomic E-state index is 13.4. The third-order valence-electron chi connectivity index (χ3n) is 3.00. The Morgan fingerprint density at radius 1 is 1.10 bits per heavy atom. The fraction of sp³-hybridized carbons (Fsp3) is 0.250. The van der Waals surface area contributed by atoms with Gasteiger partial charge in [0.25, 0.3) is 0 Å². The van der Waals surface area contributed by atoms with Crippen molar-refractivity contribution in [3.05, 3.63) is 48.3 Å². The first-order valence-electron chi connectivity index (χ1n) is 6.73. The quantitative estimate of drug-likeness (QED) is 0.593. The van der Waals surface area contributed by atoms with Gasteiger partial charge in [-0.1, -0.05) is 12.1 Å². The van der Waals surface area contributed by atoms with Crippen LogP contribution in [0.25, 0.3) is 0 Å². The molecule has 0 bridgehead atoms. The summed E-state index contributed by atoms with van der Waals surface area (Å²) in [6.07, 6.45) is 0.841. The van der Waals surface area contributed by atoms with Gasteiger partial charge in [-0.15, -0.1) is 11.8 Å². The first-order chi connectivity index (χ1) is 10.3. The zero-order valence-electron chi connectivity index (χ0n) is 11.4. The first kappa shape index (κ1) is 14.1. The molecule has 0 saturated carbocycles. The van der Waals surface area contributed by atoms with Gasteiger partial charge < -0.3 is 14.2 Å². The van der Waals surface area contributed by atoms with E-state index in [0.29, 0.717) is 17.3 Å². The van der Waals surface area contributed by atoms with E-state index in [1.165, 1.54) is 17.8 Å². The summed E-state index contributed by atoms with van der Waals surface area (Å²) in [5, 5.41) is 0. The number of hydrogen-bond donors (Lipinski definition) is 0. The highest BCUT2D eigenvalue weighted by Gasteiger charge is 2.13. The summed E-state index contributed by atoms with van der Waals surface area (Å²) in [4.78, 5) is 0.681. The zero-order valence-corrected chi connectivity index (χ0v) is 12.2. The van der Waals surface area contributed by atoms with Crippen molar-refractivity contribution < 1.29 is 18.6 Å². The second-order valence-corrected chi connectivity index (χ2v) is 5.63. The highest BCUT2D eigenvalue weighted by molar-refractivity contribution is 7.99. The molecular formula is C16H15FO3S. The second-order valence-electron chi connectivity index (χ2n) is 4.50. The molecule has 0 amide bonds. The minimum atomic E-state index is -0.167. The molecule has 1 heterocycles. The lowest BCUT2D eigenvalue weighted by Crippen LogP contribution is -1.98. The van der Waals surface area contributed by atoms with Gasteiger partial charge in [-0.2, -0.15) is 0 Å². The summed E-state index contributed by atoms with van der Waals surface area (Å²) in [5.74, 6) is 2.87. The largest absolute Gasteiger partial charge is 0.493 e. The Labute approximate surface area is 127 Å². The Hall–Kier alpha value is -1.88. The maximum atomic E-state index is 13.4. The summed E-state index contributed by atoms with van der Waals surface area (Å²) >= 11 is 1.50. The molecule has 5 heteroatoms. The predicted octanol–water partition coefficient (Wildman–Crippen LogP) is 4.12. The molecule has 0 atom stereocenters. The molecule has 0 N–H and O–H groups in total. The van der Waals surface area contributed by atoms with Crippen molar-refractivity contribution in [2.45, 2.75) is 11.3 Å². The van der Waals surface area contributed by atoms with Crippen LogP contribution >= 0.6 is 11.8 Å². The van der Waals surface area contributed by atoms with E-state index in [1.807, 2.05) is 24.3 Å². The fourth-order valence-corrected chi connectivity index (χ4v) is 2.82. The average Bonchev–Trinajstić information content (AvgIpc) is 2.96. The van der Waals surface area contributed by atoms with Gasteiger partial charge in [0.05, 0.1) is 6.61 Å². The molecule has 3 nitrogen and oxygen atoms in total. The van der Waals surface area contributed by atoms with E-state index in [9.17, 15) is 4.39 Å². The van der Waals surface area contributed by atoms with Crippen molar-refractivity contribution in [3.8, 4) is 17.2 Å². The third-order valence-corrected chi connectivity index (χ3v) is 4.13. The molecule has 2 aromatic rings. The number of fused-ring (bicyclic) bond motifs is 1. The predicted molar refractivity (Wildman–Crippen MR) is 79.8 cm³/mol. The van der Waals surface area contributed by atoms with Gasteiger partial charge in [-0.25, -0.2) is 4.39 Å². The number of benzene rings is 2. The Bertz CT molecular complexity index is 618. The highest BCUT2D eigenvalue weighted by atomic mass is 32.2. The Kier molecular flexibility index (Phi) is 4.50. The van der Waals surface area contributed by atoms with Crippen LogP contribution in [-0.2, 0) is 0 Å². The summed E-state index contributed by atoms with van der Waals surface area (Å²) in [7, 11) is 0. The van der Waals surface area contributed by atoms with Crippen molar-refractivity contribution in [1.29, 1.82) is 0 Å². The van der Waals surface area contributed by atoms with Crippen molar-refractivity contribution in [2.75, 3.05) is 19.2 Å². The Balaban J connectivity index is 1.41. The van der Waals surface area contributed by atoms with Crippen molar-refractivity contribution >= 4 is 11.8 Å². The monoisotopic (exact) mass is 306 g/mol. The van der Waals surface area contributed by atoms with Gasteiger partial charge in [-0.3, -0.25) is 0 Å². The zero-order chi connectivity index (χ0) is 14.5. The average molecular weight is 306 g/mol. The van der Waals surface area contributed by atoms with Crippen LogP contribution in [0.3, 0.4) is 0 Å². The SMILES string of the molecule is Fc1ccccc1SCCCOc1ccc2c(c1)OCO2. The molecule has 3 rings (SSSR count). The molecule has 0 saturated heterocycles. The lowest BCUT2D eigenvalue weighted by atomic mass is 10.3. The summed E-state index contributed by atoms with van der Waals surface area (Å²) in [6, 6.07) is 12.3. The van der Waals surface area contributed by atoms with Gasteiger partial charge in [-0.05, 0) is 30.7 Å². The number of ether oxygens (including phenoxy) is 3. The van der Waals surface area contributed by atoms with Crippen LogP contribution in [-0.4, -0.2) is 19.2 Å². The molecule has 0 unspecified atom stereocenters. The van der Waals surface area contributed by atoms with Crippen molar-refractivity contribution in [2.24, 2.45) is 0 Å². The molecule has 0 aromatic heterocycles. The smallest absolute Gasteiger partial charge is 0.231 e. The van der Waals surface area contributed by atoms with Gasteiger partial charge in [0, 0.05) is 16.7 Å². The lowest BCUT2D eigenvalue weighted by Gasteiger charge is -2.07. The van der Waals surface area contributed by atoms with E-state index < -0.39 is 0 Å². The van der Waals surface area contributed by atoms with Crippen molar-refractivity contribution in [3.63, 3.8) is 0 Å². The maximum Gasteiger partial charge on any atom is 0.231 e. The summed E-state index contributed by atoms with van der Waals surface area (Å²) < 4.78 is 29.6. The minimum Gasteiger partial charge on any atom is -0.493 e. The Morgan fingerprint density at radius 3 is 2.86 bits per heavy atom. The first-order valence-corrected chi connectivity index (χ1v) is 7.71. The van der Waals surface area contributed by atoms with Gasteiger partial charge in [0.15, 0.2) is 11.5 Å². The molecule has 1 aliphatic rings. The van der Waals surface area contributed by atoms with Crippen LogP contribution in [0.15, 0.2) is 47.4 Å². The van der Waals surface area contributed by atoms with Crippen LogP contribution in [0, 0.1) is 5.82 Å². The minimum absolute atomic E-state index is 0.167. The lowest BCUT2D eigenvalue weighted by molar-refractivity contribution is 0.173. The summed E-state index contributed by atoms with van der Waals surface area (Å²) in [5.41, 5.74) is 0. The molecular weight excluding hydrogens is 291 g/mol. The molecule has 0 fully saturated rings. The van der Waals surface area contributed by atoms with Gasteiger partial charge in [0.2, 0.25) is 6.79 Å². The second kappa shape index (κ2) is 6.72.